The molecule has 0 unspecified atom stereocenters. The summed E-state index contributed by atoms with van der Waals surface area (Å²) in [6.07, 6.45) is 0. The van der Waals surface area contributed by atoms with Crippen LogP contribution in [0, 0.1) is 0 Å². The second kappa shape index (κ2) is 13.3. The lowest BCUT2D eigenvalue weighted by Gasteiger charge is -2.15. The minimum atomic E-state index is 1.25. The molecule has 0 atom stereocenters. The SMILES string of the molecule is c1ccc(-c2c3c4cccc5cccc(c3c(-c3ccccc3)c3c6ccc(-c7ccc8c9c7cccc9c7c(-c9ccccc9)c9cccc%10c%11ccccc%11c(c9%10)c87)c7cccc(c23)c76)c54)cc1. The molecule has 17 aromatic rings. The molecule has 0 aromatic heterocycles. The average molecular weight is 879 g/mol. The largest absolute Gasteiger partial charge is 0.0622 e. The summed E-state index contributed by atoms with van der Waals surface area (Å²) in [5.74, 6) is 0. The molecule has 318 valence electrons. The highest BCUT2D eigenvalue weighted by atomic mass is 14.3. The van der Waals surface area contributed by atoms with Crippen molar-refractivity contribution >= 4 is 129 Å². The Balaban J connectivity index is 1.03. The van der Waals surface area contributed by atoms with Crippen LogP contribution >= 0.6 is 0 Å². The number of benzene rings is 13. The van der Waals surface area contributed by atoms with Crippen LogP contribution in [0.2, 0.25) is 0 Å². The maximum atomic E-state index is 2.46. The van der Waals surface area contributed by atoms with Crippen molar-refractivity contribution in [3.63, 3.8) is 0 Å². The van der Waals surface area contributed by atoms with Gasteiger partial charge in [-0.15, -0.1) is 0 Å². The molecule has 0 aliphatic carbocycles. The monoisotopic (exact) mass is 878 g/mol. The molecule has 17 rings (SSSR count). The van der Waals surface area contributed by atoms with Crippen molar-refractivity contribution < 1.29 is 0 Å². The molecule has 0 N–H and O–H groups in total. The zero-order chi connectivity index (χ0) is 45.3. The Kier molecular flexibility index (Phi) is 7.03. The van der Waals surface area contributed by atoms with Gasteiger partial charge in [-0.3, -0.25) is 0 Å². The van der Waals surface area contributed by atoms with Gasteiger partial charge in [-0.1, -0.05) is 231 Å². The van der Waals surface area contributed by atoms with E-state index in [1.807, 2.05) is 0 Å². The minimum absolute atomic E-state index is 1.25. The van der Waals surface area contributed by atoms with Gasteiger partial charge in [0.05, 0.1) is 0 Å². The maximum absolute atomic E-state index is 2.46. The molecular formula is C70H38. The Morgan fingerprint density at radius 3 is 1.00 bits per heavy atom. The Bertz CT molecular complexity index is 4880. The zero-order valence-corrected chi connectivity index (χ0v) is 37.9. The number of hydrogen-bond donors (Lipinski definition) is 0. The van der Waals surface area contributed by atoms with Gasteiger partial charge in [-0.2, -0.15) is 0 Å². The van der Waals surface area contributed by atoms with Crippen LogP contribution in [0.1, 0.15) is 0 Å². The standard InChI is InChI=1S/C70H38/c1-4-17-40(18-5-1)58-52-32-16-29-48-43-25-10-11-26-49(43)64(63(48)52)70-56-38-36-45(46-27-14-33-53(61(46)56)65(58)70)44-35-37-55-62-47(44)28-15-34-54(62)68-59(41-19-6-2-7-20-41)66-50-30-12-23-39-24-13-31-51(57(39)50)67(66)60(69(55)68)42-21-8-3-9-22-42/h1-38H. The summed E-state index contributed by atoms with van der Waals surface area (Å²) in [5, 5.41) is 31.9. The van der Waals surface area contributed by atoms with Crippen molar-refractivity contribution in [2.45, 2.75) is 0 Å². The first kappa shape index (κ1) is 37.0. The van der Waals surface area contributed by atoms with Gasteiger partial charge in [0.25, 0.3) is 0 Å². The van der Waals surface area contributed by atoms with Crippen molar-refractivity contribution in [1.82, 2.24) is 0 Å². The van der Waals surface area contributed by atoms with E-state index in [1.54, 1.807) is 0 Å². The quantitative estimate of drug-likeness (QED) is 0.165. The van der Waals surface area contributed by atoms with Gasteiger partial charge in [-0.25, -0.2) is 0 Å². The molecule has 0 heteroatoms. The molecule has 0 heterocycles. The van der Waals surface area contributed by atoms with E-state index in [1.165, 1.54) is 174 Å². The summed E-state index contributed by atoms with van der Waals surface area (Å²) in [4.78, 5) is 0. The summed E-state index contributed by atoms with van der Waals surface area (Å²) in [6.45, 7) is 0. The second-order valence-corrected chi connectivity index (χ2v) is 19.6. The van der Waals surface area contributed by atoms with Crippen LogP contribution in [0.4, 0.5) is 0 Å². The van der Waals surface area contributed by atoms with Crippen LogP contribution in [0.3, 0.4) is 0 Å². The molecule has 70 heavy (non-hydrogen) atoms. The Hall–Kier alpha value is -9.10. The molecule has 0 saturated carbocycles. The maximum Gasteiger partial charge on any atom is -0.000696 e. The van der Waals surface area contributed by atoms with Crippen molar-refractivity contribution in [2.24, 2.45) is 0 Å². The fraction of sp³-hybridized carbons (Fsp3) is 0. The fourth-order valence-electron chi connectivity index (χ4n) is 13.9. The smallest absolute Gasteiger partial charge is 0.000696 e. The summed E-state index contributed by atoms with van der Waals surface area (Å²) in [7, 11) is 0. The normalized spacial score (nSPS) is 12.6. The van der Waals surface area contributed by atoms with E-state index in [9.17, 15) is 0 Å². The molecule has 0 amide bonds. The Labute approximate surface area is 402 Å². The van der Waals surface area contributed by atoms with Gasteiger partial charge in [0.15, 0.2) is 0 Å². The lowest BCUT2D eigenvalue weighted by Crippen LogP contribution is -1.87. The third-order valence-corrected chi connectivity index (χ3v) is 16.4. The first-order valence-electron chi connectivity index (χ1n) is 24.6. The van der Waals surface area contributed by atoms with Crippen molar-refractivity contribution in [2.75, 3.05) is 0 Å². The van der Waals surface area contributed by atoms with Crippen LogP contribution in [0.15, 0.2) is 231 Å². The van der Waals surface area contributed by atoms with Crippen molar-refractivity contribution in [3.05, 3.63) is 231 Å². The third kappa shape index (κ3) is 4.48. The molecule has 0 bridgehead atoms. The fourth-order valence-corrected chi connectivity index (χ4v) is 13.9. The lowest BCUT2D eigenvalue weighted by atomic mass is 9.87. The molecular weight excluding hydrogens is 841 g/mol. The van der Waals surface area contributed by atoms with Crippen LogP contribution in [0.25, 0.3) is 174 Å². The summed E-state index contributed by atoms with van der Waals surface area (Å²) in [6, 6.07) is 87.2. The first-order valence-corrected chi connectivity index (χ1v) is 24.6. The van der Waals surface area contributed by atoms with E-state index in [-0.39, 0.29) is 0 Å². The third-order valence-electron chi connectivity index (χ3n) is 16.4. The van der Waals surface area contributed by atoms with Crippen LogP contribution < -0.4 is 0 Å². The molecule has 0 radical (unpaired) electrons. The predicted molar refractivity (Wildman–Crippen MR) is 303 cm³/mol. The van der Waals surface area contributed by atoms with E-state index in [0.717, 1.165) is 0 Å². The minimum Gasteiger partial charge on any atom is -0.0622 e. The van der Waals surface area contributed by atoms with Crippen molar-refractivity contribution in [3.8, 4) is 44.5 Å². The molecule has 17 aromatic carbocycles. The van der Waals surface area contributed by atoms with Crippen LogP contribution in [0.5, 0.6) is 0 Å². The highest BCUT2D eigenvalue weighted by Crippen LogP contribution is 2.58. The highest BCUT2D eigenvalue weighted by Gasteiger charge is 2.29. The van der Waals surface area contributed by atoms with Crippen LogP contribution in [-0.4, -0.2) is 0 Å². The van der Waals surface area contributed by atoms with E-state index in [2.05, 4.69) is 231 Å². The summed E-state index contributed by atoms with van der Waals surface area (Å²) in [5.41, 5.74) is 10.3. The molecule has 0 aliphatic rings. The second-order valence-electron chi connectivity index (χ2n) is 19.6. The Morgan fingerprint density at radius 2 is 0.471 bits per heavy atom. The molecule has 0 spiro atoms. The topological polar surface area (TPSA) is 0 Å². The van der Waals surface area contributed by atoms with E-state index in [0.29, 0.717) is 0 Å². The molecule has 0 fully saturated rings. The molecule has 0 aliphatic heterocycles. The van der Waals surface area contributed by atoms with Gasteiger partial charge >= 0.3 is 0 Å². The van der Waals surface area contributed by atoms with Gasteiger partial charge in [0.1, 0.15) is 0 Å². The first-order chi connectivity index (χ1) is 34.8. The molecule has 0 saturated heterocycles. The Morgan fingerprint density at radius 1 is 0.143 bits per heavy atom. The van der Waals surface area contributed by atoms with Crippen LogP contribution in [-0.2, 0) is 0 Å². The van der Waals surface area contributed by atoms with Gasteiger partial charge in [-0.05, 0) is 174 Å². The van der Waals surface area contributed by atoms with Crippen molar-refractivity contribution in [1.29, 1.82) is 0 Å². The average Bonchev–Trinajstić information content (AvgIpc) is 4.16. The van der Waals surface area contributed by atoms with Gasteiger partial charge in [0.2, 0.25) is 0 Å². The summed E-state index contributed by atoms with van der Waals surface area (Å²) >= 11 is 0. The van der Waals surface area contributed by atoms with Gasteiger partial charge < -0.3 is 0 Å². The predicted octanol–water partition coefficient (Wildman–Crippen LogP) is 19.9. The number of hydrogen-bond acceptors (Lipinski definition) is 0. The highest BCUT2D eigenvalue weighted by molar-refractivity contribution is 6.50. The number of rotatable bonds is 4. The summed E-state index contributed by atoms with van der Waals surface area (Å²) < 4.78 is 0. The van der Waals surface area contributed by atoms with Gasteiger partial charge in [0, 0.05) is 0 Å². The van der Waals surface area contributed by atoms with E-state index >= 15 is 0 Å². The zero-order valence-electron chi connectivity index (χ0n) is 37.9. The lowest BCUT2D eigenvalue weighted by molar-refractivity contribution is 1.68. The van der Waals surface area contributed by atoms with E-state index in [4.69, 9.17) is 0 Å². The molecule has 0 nitrogen and oxygen atoms in total. The van der Waals surface area contributed by atoms with E-state index < -0.39 is 0 Å². The number of fused-ring (bicyclic) bond motifs is 13.